The first-order valence-corrected chi connectivity index (χ1v) is 11.6. The standard InChI is InChI=1S/C24H31N5O4/c1-2-33-21-10-8-18(16-26-21)20(15-22(30)31)29-14-13-28(24(29)32)12-4-6-19-9-7-17-5-3-11-25-23(17)27-19/h7-10,16,20H,2-6,11-15H2,1H3,(H,25,27)(H,30,31)/t20-/m0/s1. The molecule has 9 nitrogen and oxygen atoms in total. The molecule has 2 N–H and O–H groups in total. The third kappa shape index (κ3) is 5.53. The van der Waals surface area contributed by atoms with E-state index in [2.05, 4.69) is 22.4 Å². The maximum atomic E-state index is 13.1. The maximum absolute atomic E-state index is 13.1. The van der Waals surface area contributed by atoms with E-state index in [-0.39, 0.29) is 12.5 Å². The Balaban J connectivity index is 1.36. The van der Waals surface area contributed by atoms with E-state index in [1.165, 1.54) is 5.56 Å². The van der Waals surface area contributed by atoms with Gasteiger partial charge in [-0.1, -0.05) is 12.1 Å². The van der Waals surface area contributed by atoms with Crippen molar-refractivity contribution < 1.29 is 19.4 Å². The molecule has 4 rings (SSSR count). The third-order valence-electron chi connectivity index (χ3n) is 6.12. The summed E-state index contributed by atoms with van der Waals surface area (Å²) in [5.41, 5.74) is 2.99. The minimum absolute atomic E-state index is 0.129. The van der Waals surface area contributed by atoms with E-state index in [0.717, 1.165) is 43.7 Å². The van der Waals surface area contributed by atoms with Crippen LogP contribution in [0.2, 0.25) is 0 Å². The number of carbonyl (C=O) groups excluding carboxylic acids is 1. The molecule has 0 aliphatic carbocycles. The van der Waals surface area contributed by atoms with Crippen LogP contribution in [0.5, 0.6) is 5.88 Å². The van der Waals surface area contributed by atoms with Crippen molar-refractivity contribution in [3.05, 3.63) is 47.3 Å². The molecule has 2 aliphatic heterocycles. The first kappa shape index (κ1) is 22.8. The molecular formula is C24H31N5O4. The van der Waals surface area contributed by atoms with Gasteiger partial charge in [-0.3, -0.25) is 4.79 Å². The average Bonchev–Trinajstić information content (AvgIpc) is 3.18. The van der Waals surface area contributed by atoms with Gasteiger partial charge >= 0.3 is 12.0 Å². The van der Waals surface area contributed by atoms with Gasteiger partial charge in [-0.2, -0.15) is 0 Å². The number of amides is 2. The van der Waals surface area contributed by atoms with Gasteiger partial charge in [-0.15, -0.1) is 0 Å². The van der Waals surface area contributed by atoms with Crippen LogP contribution in [0.25, 0.3) is 0 Å². The monoisotopic (exact) mass is 453 g/mol. The second-order valence-corrected chi connectivity index (χ2v) is 8.38. The van der Waals surface area contributed by atoms with Crippen LogP contribution in [0.3, 0.4) is 0 Å². The maximum Gasteiger partial charge on any atom is 0.320 e. The van der Waals surface area contributed by atoms with Crippen LogP contribution in [0.1, 0.15) is 49.0 Å². The Bertz CT molecular complexity index is 981. The summed E-state index contributed by atoms with van der Waals surface area (Å²) >= 11 is 0. The lowest BCUT2D eigenvalue weighted by Crippen LogP contribution is -2.36. The van der Waals surface area contributed by atoms with E-state index >= 15 is 0 Å². The van der Waals surface area contributed by atoms with Crippen molar-refractivity contribution in [1.29, 1.82) is 0 Å². The summed E-state index contributed by atoms with van der Waals surface area (Å²) in [6.07, 6.45) is 5.23. The van der Waals surface area contributed by atoms with Crippen molar-refractivity contribution in [2.45, 2.75) is 45.1 Å². The number of pyridine rings is 2. The largest absolute Gasteiger partial charge is 0.481 e. The number of hydrogen-bond acceptors (Lipinski definition) is 6. The number of nitrogens with one attached hydrogen (secondary N) is 1. The van der Waals surface area contributed by atoms with Crippen molar-refractivity contribution >= 4 is 17.8 Å². The highest BCUT2D eigenvalue weighted by molar-refractivity contribution is 5.78. The number of urea groups is 1. The van der Waals surface area contributed by atoms with Crippen LogP contribution in [0.4, 0.5) is 10.6 Å². The Labute approximate surface area is 193 Å². The molecule has 4 heterocycles. The minimum Gasteiger partial charge on any atom is -0.481 e. The summed E-state index contributed by atoms with van der Waals surface area (Å²) in [4.78, 5) is 37.0. The van der Waals surface area contributed by atoms with E-state index in [0.29, 0.717) is 37.7 Å². The van der Waals surface area contributed by atoms with Crippen molar-refractivity contribution in [3.8, 4) is 5.88 Å². The Morgan fingerprint density at radius 3 is 2.91 bits per heavy atom. The number of aryl methyl sites for hydroxylation is 2. The van der Waals surface area contributed by atoms with Gasteiger partial charge in [-0.05, 0) is 49.8 Å². The van der Waals surface area contributed by atoms with E-state index in [4.69, 9.17) is 9.72 Å². The van der Waals surface area contributed by atoms with E-state index < -0.39 is 12.0 Å². The lowest BCUT2D eigenvalue weighted by molar-refractivity contribution is -0.138. The minimum atomic E-state index is -0.952. The van der Waals surface area contributed by atoms with Gasteiger partial charge in [-0.25, -0.2) is 14.8 Å². The van der Waals surface area contributed by atoms with Gasteiger partial charge in [0, 0.05) is 44.1 Å². The highest BCUT2D eigenvalue weighted by Gasteiger charge is 2.35. The van der Waals surface area contributed by atoms with Crippen LogP contribution in [-0.4, -0.2) is 69.7 Å². The molecule has 2 amide bonds. The number of carbonyl (C=O) groups is 2. The van der Waals surface area contributed by atoms with Crippen molar-refractivity contribution in [3.63, 3.8) is 0 Å². The van der Waals surface area contributed by atoms with E-state index in [1.807, 2.05) is 6.92 Å². The first-order valence-electron chi connectivity index (χ1n) is 11.6. The fourth-order valence-corrected chi connectivity index (χ4v) is 4.45. The molecule has 9 heteroatoms. The highest BCUT2D eigenvalue weighted by atomic mass is 16.5. The van der Waals surface area contributed by atoms with Gasteiger partial charge in [0.1, 0.15) is 5.82 Å². The predicted octanol–water partition coefficient (Wildman–Crippen LogP) is 3.12. The number of hydrogen-bond donors (Lipinski definition) is 2. The molecule has 33 heavy (non-hydrogen) atoms. The zero-order chi connectivity index (χ0) is 23.2. The summed E-state index contributed by atoms with van der Waals surface area (Å²) in [6.45, 7) is 5.02. The summed E-state index contributed by atoms with van der Waals surface area (Å²) in [5, 5.41) is 12.8. The molecule has 2 aromatic rings. The molecule has 0 radical (unpaired) electrons. The molecular weight excluding hydrogens is 422 g/mol. The van der Waals surface area contributed by atoms with Gasteiger partial charge in [0.2, 0.25) is 5.88 Å². The molecule has 0 unspecified atom stereocenters. The molecule has 2 aliphatic rings. The quantitative estimate of drug-likeness (QED) is 0.569. The topological polar surface area (TPSA) is 108 Å². The van der Waals surface area contributed by atoms with Gasteiger partial charge in [0.25, 0.3) is 0 Å². The molecule has 2 aromatic heterocycles. The molecule has 0 bridgehead atoms. The Hall–Kier alpha value is -3.36. The number of ether oxygens (including phenoxy) is 1. The number of fused-ring (bicyclic) bond motifs is 1. The zero-order valence-corrected chi connectivity index (χ0v) is 19.0. The number of nitrogens with zero attached hydrogens (tertiary/aromatic N) is 4. The van der Waals surface area contributed by atoms with Gasteiger partial charge in [0.15, 0.2) is 0 Å². The third-order valence-corrected chi connectivity index (χ3v) is 6.12. The van der Waals surface area contributed by atoms with Gasteiger partial charge < -0.3 is 25.0 Å². The fraction of sp³-hybridized carbons (Fsp3) is 0.500. The summed E-state index contributed by atoms with van der Waals surface area (Å²) in [6, 6.07) is 7.04. The molecule has 176 valence electrons. The van der Waals surface area contributed by atoms with Crippen molar-refractivity contribution in [1.82, 2.24) is 19.8 Å². The van der Waals surface area contributed by atoms with Crippen LogP contribution in [0.15, 0.2) is 30.5 Å². The van der Waals surface area contributed by atoms with E-state index in [1.54, 1.807) is 28.1 Å². The highest BCUT2D eigenvalue weighted by Crippen LogP contribution is 2.29. The van der Waals surface area contributed by atoms with Gasteiger partial charge in [0.05, 0.1) is 19.1 Å². The molecule has 0 aromatic carbocycles. The molecule has 1 atom stereocenters. The lowest BCUT2D eigenvalue weighted by atomic mass is 10.0. The van der Waals surface area contributed by atoms with Crippen LogP contribution >= 0.6 is 0 Å². The summed E-state index contributed by atoms with van der Waals surface area (Å²) < 4.78 is 5.37. The smallest absolute Gasteiger partial charge is 0.320 e. The van der Waals surface area contributed by atoms with Crippen molar-refractivity contribution in [2.75, 3.05) is 38.1 Å². The molecule has 0 saturated carbocycles. The molecule has 1 fully saturated rings. The number of aromatic nitrogens is 2. The number of rotatable bonds is 10. The van der Waals surface area contributed by atoms with Crippen LogP contribution in [-0.2, 0) is 17.6 Å². The number of carboxylic acids is 1. The molecule has 1 saturated heterocycles. The first-order chi connectivity index (χ1) is 16.0. The zero-order valence-electron chi connectivity index (χ0n) is 19.0. The average molecular weight is 454 g/mol. The number of carboxylic acid groups (broad SMARTS) is 1. The van der Waals surface area contributed by atoms with Crippen LogP contribution < -0.4 is 10.1 Å². The second-order valence-electron chi connectivity index (χ2n) is 8.38. The molecule has 0 spiro atoms. The van der Waals surface area contributed by atoms with Crippen LogP contribution in [0, 0.1) is 0 Å². The predicted molar refractivity (Wildman–Crippen MR) is 123 cm³/mol. The number of anilines is 1. The lowest BCUT2D eigenvalue weighted by Gasteiger charge is -2.27. The van der Waals surface area contributed by atoms with Crippen molar-refractivity contribution in [2.24, 2.45) is 0 Å². The second kappa shape index (κ2) is 10.5. The normalized spacial score (nSPS) is 16.3. The Kier molecular flexibility index (Phi) is 7.26. The summed E-state index contributed by atoms with van der Waals surface area (Å²) in [5.74, 6) is 0.519. The fourth-order valence-electron chi connectivity index (χ4n) is 4.45. The number of aliphatic carboxylic acids is 1. The Morgan fingerprint density at radius 1 is 1.27 bits per heavy atom. The SMILES string of the molecule is CCOc1ccc([C@H](CC(=O)O)N2CCN(CCCc3ccc4c(n3)NCCC4)C2=O)cn1. The Morgan fingerprint density at radius 2 is 2.15 bits per heavy atom. The summed E-state index contributed by atoms with van der Waals surface area (Å²) in [7, 11) is 0. The van der Waals surface area contributed by atoms with E-state index in [9.17, 15) is 14.7 Å².